The standard InChI is InChI=1S/C29H32O13.C27H29NO10.C9H13N3O5/c1-11-36-9-20-27(40-11)24(31)25(32)29(41-20)42-26-14-7-17-16(38-10-39-17)6-13(14)21(22-15(26)8-37-28(22)33)12-4-18(34-2)23(30)19(5-12)35-3;1-10-22(30)14(28)7-17(37-10)38-16-9-27(35,11(2)29)8-13-19(16)26(34)21-20(24(13)32)23(31)12-5-4-6-15(36-3)18(12)25(21)33;10-5-1-2-12(9(16)11-5)8-7(15)6(14)4(3-13)17-8/h4-7,11,15,20-22,24-27,29-32H,8-10H2,1-3H3;4-6,10,14,16-17,22,30,32,34-35H,7-9,28H2,1-3H3;1-2,4,6-8,13-15H,3H2,(H2,10,11,16)/t11-,15+,20-,21-,22+,24-,25-,26-,27-,29+;10-,14-,16-,17-,22+,27-;4-,6-,7+,8-/m101/s1. The number of rotatable bonds is 11. The summed E-state index contributed by atoms with van der Waals surface area (Å²) in [6.45, 7) is 4.26. The summed E-state index contributed by atoms with van der Waals surface area (Å²) in [5, 5.41) is 105. The fraction of sp³-hybridized carbons (Fsp3) is 0.508. The molecule has 7 heterocycles. The molecule has 14 N–H and O–H groups in total. The molecule has 32 heteroatoms. The van der Waals surface area contributed by atoms with Crippen molar-refractivity contribution >= 4 is 29.1 Å². The van der Waals surface area contributed by atoms with Crippen molar-refractivity contribution in [1.82, 2.24) is 9.55 Å². The van der Waals surface area contributed by atoms with Crippen molar-refractivity contribution in [1.29, 1.82) is 0 Å². The van der Waals surface area contributed by atoms with E-state index in [1.165, 1.54) is 58.7 Å². The first-order valence-corrected chi connectivity index (χ1v) is 31.0. The van der Waals surface area contributed by atoms with E-state index in [1.807, 2.05) is 0 Å². The Bertz CT molecular complexity index is 3920. The van der Waals surface area contributed by atoms with E-state index in [9.17, 15) is 69.9 Å². The van der Waals surface area contributed by atoms with Crippen LogP contribution >= 0.6 is 0 Å². The Morgan fingerprint density at radius 2 is 1.43 bits per heavy atom. The minimum absolute atomic E-state index is 0.0147. The Kier molecular flexibility index (Phi) is 19.1. The van der Waals surface area contributed by atoms with Crippen LogP contribution in [0, 0.1) is 11.8 Å². The molecule has 0 bridgehead atoms. The number of aliphatic hydroxyl groups is 7. The van der Waals surface area contributed by atoms with Crippen molar-refractivity contribution in [3.63, 3.8) is 0 Å². The highest BCUT2D eigenvalue weighted by Gasteiger charge is 2.57. The molecule has 14 rings (SSSR count). The molecule has 6 aliphatic heterocycles. The van der Waals surface area contributed by atoms with Crippen LogP contribution in [0.4, 0.5) is 5.82 Å². The van der Waals surface area contributed by atoms with Crippen LogP contribution < -0.4 is 40.8 Å². The summed E-state index contributed by atoms with van der Waals surface area (Å²) in [5.41, 5.74) is 9.62. The number of ketones is 3. The minimum Gasteiger partial charge on any atom is -0.507 e. The summed E-state index contributed by atoms with van der Waals surface area (Å²) in [4.78, 5) is 68.0. The molecule has 5 saturated heterocycles. The number of methoxy groups -OCH3 is 3. The molecule has 20 atom stereocenters. The third-order valence-electron chi connectivity index (χ3n) is 19.2. The van der Waals surface area contributed by atoms with Gasteiger partial charge >= 0.3 is 11.7 Å². The van der Waals surface area contributed by atoms with Crippen LogP contribution in [0.15, 0.2) is 59.5 Å². The van der Waals surface area contributed by atoms with Gasteiger partial charge in [0.25, 0.3) is 0 Å². The number of phenols is 3. The van der Waals surface area contributed by atoms with Crippen molar-refractivity contribution in [2.45, 2.75) is 150 Å². The number of nitrogens with zero attached hydrogens (tertiary/aromatic N) is 2. The van der Waals surface area contributed by atoms with Gasteiger partial charge in [-0.3, -0.25) is 23.7 Å². The second kappa shape index (κ2) is 26.9. The van der Waals surface area contributed by atoms with Gasteiger partial charge in [-0.05, 0) is 73.9 Å². The molecule has 32 nitrogen and oxygen atoms in total. The number of carbonyl (C=O) groups is 4. The van der Waals surface area contributed by atoms with E-state index in [1.54, 1.807) is 38.1 Å². The highest BCUT2D eigenvalue weighted by atomic mass is 16.8. The fourth-order valence-electron chi connectivity index (χ4n) is 14.1. The predicted octanol–water partition coefficient (Wildman–Crippen LogP) is -0.195. The average molecular weight is 1360 g/mol. The highest BCUT2D eigenvalue weighted by molar-refractivity contribution is 6.31. The Balaban J connectivity index is 0.000000150. The average Bonchev–Trinajstić information content (AvgIpc) is 1.56. The van der Waals surface area contributed by atoms with Gasteiger partial charge in [-0.25, -0.2) is 4.79 Å². The molecule has 0 radical (unpaired) electrons. The zero-order valence-electron chi connectivity index (χ0n) is 53.0. The number of nitrogen functional groups attached to an aromatic ring is 1. The smallest absolute Gasteiger partial charge is 0.351 e. The van der Waals surface area contributed by atoms with E-state index in [0.717, 1.165) is 4.57 Å². The Morgan fingerprint density at radius 1 is 0.753 bits per heavy atom. The first-order chi connectivity index (χ1) is 46.2. The first-order valence-electron chi connectivity index (χ1n) is 31.0. The van der Waals surface area contributed by atoms with Crippen LogP contribution in [-0.2, 0) is 53.9 Å². The summed E-state index contributed by atoms with van der Waals surface area (Å²) < 4.78 is 74.8. The van der Waals surface area contributed by atoms with Crippen molar-refractivity contribution in [3.05, 3.63) is 115 Å². The van der Waals surface area contributed by atoms with Gasteiger partial charge in [0, 0.05) is 60.0 Å². The maximum Gasteiger partial charge on any atom is 0.351 e. The van der Waals surface area contributed by atoms with Crippen molar-refractivity contribution in [2.75, 3.05) is 53.7 Å². The van der Waals surface area contributed by atoms with Gasteiger partial charge < -0.3 is 124 Å². The van der Waals surface area contributed by atoms with E-state index in [2.05, 4.69) is 4.98 Å². The highest BCUT2D eigenvalue weighted by Crippen LogP contribution is 2.58. The van der Waals surface area contributed by atoms with Crippen molar-refractivity contribution < 1.29 is 132 Å². The number of hydrogen-bond acceptors (Lipinski definition) is 31. The number of nitrogens with two attached hydrogens (primary N) is 2. The van der Waals surface area contributed by atoms with Gasteiger partial charge in [0.2, 0.25) is 18.3 Å². The fourth-order valence-corrected chi connectivity index (χ4v) is 14.1. The number of phenolic OH excluding ortho intramolecular Hbond substituents is 3. The van der Waals surface area contributed by atoms with E-state index in [-0.39, 0.29) is 83.9 Å². The number of cyclic esters (lactones) is 1. The molecule has 3 aliphatic carbocycles. The quantitative estimate of drug-likeness (QED) is 0.0590. The second-order valence-electron chi connectivity index (χ2n) is 24.9. The molecule has 5 fully saturated rings. The molecule has 4 aromatic carbocycles. The molecule has 0 saturated carbocycles. The van der Waals surface area contributed by atoms with Gasteiger partial charge in [0.1, 0.15) is 71.4 Å². The lowest BCUT2D eigenvalue weighted by Crippen LogP contribution is -2.63. The lowest BCUT2D eigenvalue weighted by Gasteiger charge is -2.47. The molecule has 0 amide bonds. The van der Waals surface area contributed by atoms with Gasteiger partial charge in [-0.15, -0.1) is 0 Å². The molecular weight excluding hydrogens is 1280 g/mol. The zero-order chi connectivity index (χ0) is 69.5. The molecule has 0 spiro atoms. The maximum atomic E-state index is 13.6. The summed E-state index contributed by atoms with van der Waals surface area (Å²) in [6, 6.07) is 12.0. The Hall–Kier alpha value is -8.16. The number of aromatic hydroxyl groups is 3. The molecule has 1 aromatic heterocycles. The van der Waals surface area contributed by atoms with Crippen molar-refractivity contribution in [2.24, 2.45) is 17.6 Å². The van der Waals surface area contributed by atoms with E-state index in [0.29, 0.717) is 28.2 Å². The topological polar surface area (TPSA) is 478 Å². The van der Waals surface area contributed by atoms with E-state index < -0.39 is 186 Å². The summed E-state index contributed by atoms with van der Waals surface area (Å²) in [5.74, 6) is -4.15. The van der Waals surface area contributed by atoms with Crippen molar-refractivity contribution in [3.8, 4) is 46.0 Å². The normalized spacial score (nSPS) is 33.4. The van der Waals surface area contributed by atoms with Crippen LogP contribution in [0.3, 0.4) is 0 Å². The molecule has 522 valence electrons. The number of fused-ring (bicyclic) bond motifs is 7. The number of benzene rings is 4. The number of anilines is 1. The van der Waals surface area contributed by atoms with Gasteiger partial charge in [0.15, 0.2) is 59.7 Å². The number of Topliss-reactive ketones (excluding diaryl/α,β-unsaturated/α-hetero) is 1. The summed E-state index contributed by atoms with van der Waals surface area (Å²) in [6.07, 6.45) is -14.6. The number of aliphatic hydroxyl groups excluding tert-OH is 6. The van der Waals surface area contributed by atoms with E-state index >= 15 is 0 Å². The van der Waals surface area contributed by atoms with Crippen LogP contribution in [0.2, 0.25) is 0 Å². The molecule has 97 heavy (non-hydrogen) atoms. The van der Waals surface area contributed by atoms with Crippen LogP contribution in [-0.4, -0.2) is 217 Å². The number of aromatic nitrogens is 2. The number of ether oxygens (including phenoxy) is 13. The third-order valence-corrected chi connectivity index (χ3v) is 19.2. The number of hydrogen-bond donors (Lipinski definition) is 12. The summed E-state index contributed by atoms with van der Waals surface area (Å²) in [7, 11) is 4.20. The maximum absolute atomic E-state index is 13.6. The monoisotopic (exact) mass is 1360 g/mol. The lowest BCUT2D eigenvalue weighted by atomic mass is 9.66. The number of esters is 1. The molecule has 5 aromatic rings. The molecule has 0 unspecified atom stereocenters. The Labute approximate surface area is 551 Å². The summed E-state index contributed by atoms with van der Waals surface area (Å²) >= 11 is 0. The molecule has 9 aliphatic rings. The zero-order valence-corrected chi connectivity index (χ0v) is 53.0. The first kappa shape index (κ1) is 68.8. The lowest BCUT2D eigenvalue weighted by molar-refractivity contribution is -0.364. The minimum atomic E-state index is -2.00. The van der Waals surface area contributed by atoms with Crippen LogP contribution in [0.1, 0.15) is 118 Å². The SMILES string of the molecule is COc1cc([C@@H]2c3cc4c(cc3[C@@H](O[C@@H]3O[C@@H]5CO[C@@H](C)O[C@H]5[C@H](O)[C@H]3O)[C@H]3COC(=O)[C@H]23)OCO4)cc(OC)c1O.COc1cccc2c1C(=O)c1c(O)c3c(c(O)c1C2=O)C[C@@](O)(C(C)=O)C[C@@H]3O[C@H]1C[C@H](N)[C@H](O)[C@H](C)O1.Nc1ccn([C@@H]2O[C@H](CO)[C@@H](O)[C@@H]2O)c(=O)n1. The van der Waals surface area contributed by atoms with Crippen LogP contribution in [0.5, 0.6) is 46.0 Å². The largest absolute Gasteiger partial charge is 0.507 e. The van der Waals surface area contributed by atoms with Gasteiger partial charge in [0.05, 0.1) is 88.2 Å². The third kappa shape index (κ3) is 12.1. The van der Waals surface area contributed by atoms with Gasteiger partial charge in [-0.2, -0.15) is 4.98 Å². The van der Waals surface area contributed by atoms with Gasteiger partial charge in [-0.1, -0.05) is 12.1 Å². The predicted molar refractivity (Wildman–Crippen MR) is 325 cm³/mol. The second-order valence-corrected chi connectivity index (χ2v) is 24.9. The Morgan fingerprint density at radius 3 is 2.07 bits per heavy atom. The number of carbonyl (C=O) groups excluding carboxylic acids is 4. The molecular formula is C65H74N4O28. The van der Waals surface area contributed by atoms with Crippen LogP contribution in [0.25, 0.3) is 0 Å². The van der Waals surface area contributed by atoms with E-state index in [4.69, 9.17) is 78.2 Å².